The van der Waals surface area contributed by atoms with E-state index in [-0.39, 0.29) is 0 Å². The third kappa shape index (κ3) is 2.36. The highest BCUT2D eigenvalue weighted by atomic mass is 16.7. The summed E-state index contributed by atoms with van der Waals surface area (Å²) < 4.78 is 10.7. The van der Waals surface area contributed by atoms with Gasteiger partial charge in [-0.2, -0.15) is 0 Å². The lowest BCUT2D eigenvalue weighted by Crippen LogP contribution is -2.19. The molecule has 2 aromatic rings. The van der Waals surface area contributed by atoms with Crippen molar-refractivity contribution in [1.29, 1.82) is 0 Å². The first-order valence-electron chi connectivity index (χ1n) is 7.06. The van der Waals surface area contributed by atoms with E-state index in [2.05, 4.69) is 15.3 Å². The molecule has 2 N–H and O–H groups in total. The van der Waals surface area contributed by atoms with Gasteiger partial charge in [0.25, 0.3) is 0 Å². The Morgan fingerprint density at radius 2 is 2.15 bits per heavy atom. The highest BCUT2D eigenvalue weighted by Gasteiger charge is 2.20. The molecule has 4 rings (SSSR count). The molecule has 0 saturated heterocycles. The molecule has 20 heavy (non-hydrogen) atoms. The summed E-state index contributed by atoms with van der Waals surface area (Å²) in [5.41, 5.74) is 2.09. The lowest BCUT2D eigenvalue weighted by molar-refractivity contribution is 0.174. The van der Waals surface area contributed by atoms with Gasteiger partial charge in [0, 0.05) is 24.6 Å². The molecule has 0 bridgehead atoms. The number of ether oxygens (including phenoxy) is 2. The van der Waals surface area contributed by atoms with Gasteiger partial charge in [0.2, 0.25) is 6.79 Å². The van der Waals surface area contributed by atoms with Crippen molar-refractivity contribution in [2.24, 2.45) is 0 Å². The number of rotatable bonds is 5. The van der Waals surface area contributed by atoms with Crippen LogP contribution >= 0.6 is 0 Å². The van der Waals surface area contributed by atoms with E-state index >= 15 is 0 Å². The Balaban J connectivity index is 1.46. The Labute approximate surface area is 117 Å². The molecule has 0 atom stereocenters. The Kier molecular flexibility index (Phi) is 2.85. The molecule has 1 aromatic carbocycles. The van der Waals surface area contributed by atoms with Crippen LogP contribution < -0.4 is 14.8 Å². The normalized spacial score (nSPS) is 16.6. The Morgan fingerprint density at radius 3 is 3.05 bits per heavy atom. The summed E-state index contributed by atoms with van der Waals surface area (Å²) in [6.45, 7) is 1.29. The van der Waals surface area contributed by atoms with Gasteiger partial charge in [-0.15, -0.1) is 0 Å². The first-order chi connectivity index (χ1) is 9.88. The maximum atomic E-state index is 5.40. The SMILES string of the molecule is c1cc2c(cc1-c1cnc(CCNC3CC3)[nH]1)OCO2. The minimum atomic E-state index is 0.305. The molecule has 0 radical (unpaired) electrons. The van der Waals surface area contributed by atoms with Crippen LogP contribution in [0.1, 0.15) is 18.7 Å². The van der Waals surface area contributed by atoms with E-state index in [0.29, 0.717) is 6.79 Å². The Hall–Kier alpha value is -2.01. The smallest absolute Gasteiger partial charge is 0.231 e. The molecule has 0 spiro atoms. The van der Waals surface area contributed by atoms with Gasteiger partial charge in [-0.05, 0) is 31.0 Å². The molecular formula is C15H17N3O2. The van der Waals surface area contributed by atoms with Crippen LogP contribution in [0.15, 0.2) is 24.4 Å². The fourth-order valence-electron chi connectivity index (χ4n) is 2.38. The second-order valence-electron chi connectivity index (χ2n) is 5.29. The van der Waals surface area contributed by atoms with Crippen molar-refractivity contribution in [2.75, 3.05) is 13.3 Å². The molecule has 2 heterocycles. The van der Waals surface area contributed by atoms with Gasteiger partial charge in [-0.3, -0.25) is 0 Å². The van der Waals surface area contributed by atoms with Gasteiger partial charge in [0.05, 0.1) is 11.9 Å². The van der Waals surface area contributed by atoms with Gasteiger partial charge in [0.1, 0.15) is 5.82 Å². The van der Waals surface area contributed by atoms with Gasteiger partial charge in [-0.1, -0.05) is 0 Å². The van der Waals surface area contributed by atoms with Crippen LogP contribution in [0.4, 0.5) is 0 Å². The third-order valence-electron chi connectivity index (χ3n) is 3.68. The summed E-state index contributed by atoms with van der Waals surface area (Å²) in [5.74, 6) is 2.63. The third-order valence-corrected chi connectivity index (χ3v) is 3.68. The molecule has 1 fully saturated rings. The topological polar surface area (TPSA) is 59.2 Å². The van der Waals surface area contributed by atoms with E-state index in [9.17, 15) is 0 Å². The molecule has 2 aliphatic rings. The zero-order chi connectivity index (χ0) is 13.4. The summed E-state index contributed by atoms with van der Waals surface area (Å²) in [4.78, 5) is 7.80. The molecule has 104 valence electrons. The minimum absolute atomic E-state index is 0.305. The van der Waals surface area contributed by atoms with Crippen LogP contribution in [-0.4, -0.2) is 29.3 Å². The number of benzene rings is 1. The van der Waals surface area contributed by atoms with E-state index < -0.39 is 0 Å². The van der Waals surface area contributed by atoms with Crippen LogP contribution in [0, 0.1) is 0 Å². The predicted octanol–water partition coefficient (Wildman–Crippen LogP) is 2.10. The summed E-state index contributed by atoms with van der Waals surface area (Å²) >= 11 is 0. The van der Waals surface area contributed by atoms with Crippen molar-refractivity contribution in [3.63, 3.8) is 0 Å². The number of nitrogens with zero attached hydrogens (tertiary/aromatic N) is 1. The molecular weight excluding hydrogens is 254 g/mol. The number of imidazole rings is 1. The van der Waals surface area contributed by atoms with Crippen LogP contribution in [0.25, 0.3) is 11.3 Å². The molecule has 0 amide bonds. The lowest BCUT2D eigenvalue weighted by Gasteiger charge is -2.01. The standard InChI is InChI=1S/C15H17N3O2/c1-4-13-14(20-9-19-13)7-10(1)12-8-17-15(18-12)5-6-16-11-2-3-11/h1,4,7-8,11,16H,2-3,5-6,9H2,(H,17,18). The van der Waals surface area contributed by atoms with Gasteiger partial charge in [-0.25, -0.2) is 4.98 Å². The predicted molar refractivity (Wildman–Crippen MR) is 74.9 cm³/mol. The van der Waals surface area contributed by atoms with E-state index in [1.807, 2.05) is 24.4 Å². The van der Waals surface area contributed by atoms with Crippen molar-refractivity contribution in [3.8, 4) is 22.8 Å². The summed E-state index contributed by atoms with van der Waals surface area (Å²) in [7, 11) is 0. The number of hydrogen-bond donors (Lipinski definition) is 2. The van der Waals surface area contributed by atoms with Crippen molar-refractivity contribution in [3.05, 3.63) is 30.2 Å². The summed E-state index contributed by atoms with van der Waals surface area (Å²) in [6, 6.07) is 6.70. The second kappa shape index (κ2) is 4.83. The maximum Gasteiger partial charge on any atom is 0.231 e. The summed E-state index contributed by atoms with van der Waals surface area (Å²) in [5, 5.41) is 3.49. The number of aromatic amines is 1. The molecule has 1 aliphatic carbocycles. The molecule has 5 heteroatoms. The quantitative estimate of drug-likeness (QED) is 0.874. The Morgan fingerprint density at radius 1 is 1.25 bits per heavy atom. The Bertz CT molecular complexity index is 619. The van der Waals surface area contributed by atoms with Crippen molar-refractivity contribution in [2.45, 2.75) is 25.3 Å². The average Bonchev–Trinajstić information content (AvgIpc) is 2.99. The van der Waals surface area contributed by atoms with E-state index in [1.165, 1.54) is 12.8 Å². The van der Waals surface area contributed by atoms with Crippen LogP contribution in [0.3, 0.4) is 0 Å². The molecule has 1 aromatic heterocycles. The minimum Gasteiger partial charge on any atom is -0.454 e. The van der Waals surface area contributed by atoms with Crippen LogP contribution in [0.5, 0.6) is 11.5 Å². The number of H-pyrrole nitrogens is 1. The first kappa shape index (κ1) is 11.8. The molecule has 5 nitrogen and oxygen atoms in total. The van der Waals surface area contributed by atoms with Gasteiger partial charge in [0.15, 0.2) is 11.5 Å². The van der Waals surface area contributed by atoms with Gasteiger partial charge < -0.3 is 19.8 Å². The van der Waals surface area contributed by atoms with Crippen molar-refractivity contribution in [1.82, 2.24) is 15.3 Å². The highest BCUT2D eigenvalue weighted by molar-refractivity contribution is 5.64. The lowest BCUT2D eigenvalue weighted by atomic mass is 10.1. The maximum absolute atomic E-state index is 5.40. The zero-order valence-corrected chi connectivity index (χ0v) is 11.2. The number of hydrogen-bond acceptors (Lipinski definition) is 4. The van der Waals surface area contributed by atoms with E-state index in [1.54, 1.807) is 0 Å². The van der Waals surface area contributed by atoms with Crippen LogP contribution in [-0.2, 0) is 6.42 Å². The second-order valence-corrected chi connectivity index (χ2v) is 5.29. The monoisotopic (exact) mass is 271 g/mol. The number of nitrogens with one attached hydrogen (secondary N) is 2. The van der Waals surface area contributed by atoms with Gasteiger partial charge >= 0.3 is 0 Å². The highest BCUT2D eigenvalue weighted by Crippen LogP contribution is 2.35. The fourth-order valence-corrected chi connectivity index (χ4v) is 2.38. The number of aromatic nitrogens is 2. The molecule has 0 unspecified atom stereocenters. The van der Waals surface area contributed by atoms with Crippen LogP contribution in [0.2, 0.25) is 0 Å². The summed E-state index contributed by atoms with van der Waals surface area (Å²) in [6.07, 6.45) is 5.45. The molecule has 1 saturated carbocycles. The van der Waals surface area contributed by atoms with Crippen molar-refractivity contribution >= 4 is 0 Å². The van der Waals surface area contributed by atoms with E-state index in [0.717, 1.165) is 47.6 Å². The zero-order valence-electron chi connectivity index (χ0n) is 11.2. The fraction of sp³-hybridized carbons (Fsp3) is 0.400. The largest absolute Gasteiger partial charge is 0.454 e. The average molecular weight is 271 g/mol. The van der Waals surface area contributed by atoms with E-state index in [4.69, 9.17) is 9.47 Å². The van der Waals surface area contributed by atoms with Crippen molar-refractivity contribution < 1.29 is 9.47 Å². The number of fused-ring (bicyclic) bond motifs is 1. The first-order valence-corrected chi connectivity index (χ1v) is 7.06. The molecule has 1 aliphatic heterocycles.